The van der Waals surface area contributed by atoms with Crippen molar-refractivity contribution in [2.45, 2.75) is 19.4 Å². The predicted octanol–water partition coefficient (Wildman–Crippen LogP) is 0.205. The van der Waals surface area contributed by atoms with Crippen LogP contribution in [0.25, 0.3) is 0 Å². The molecule has 1 spiro atoms. The van der Waals surface area contributed by atoms with Crippen molar-refractivity contribution in [1.82, 2.24) is 10.2 Å². The van der Waals surface area contributed by atoms with Crippen molar-refractivity contribution in [2.75, 3.05) is 20.2 Å². The van der Waals surface area contributed by atoms with E-state index in [2.05, 4.69) is 10.1 Å². The van der Waals surface area contributed by atoms with E-state index in [4.69, 9.17) is 4.74 Å². The lowest BCUT2D eigenvalue weighted by atomic mass is 9.91. The molecule has 2 aliphatic heterocycles. The minimum absolute atomic E-state index is 0.198. The van der Waals surface area contributed by atoms with E-state index in [1.165, 1.54) is 12.0 Å². The molecule has 0 unspecified atom stereocenters. The molecule has 1 fully saturated rings. The summed E-state index contributed by atoms with van der Waals surface area (Å²) in [5.74, 6) is 0.486. The standard InChI is InChI=1S/C10H14N2O4/c1-6-7(2)16-10(8(13)11-6)4-12(5-10)9(14)15-3/h4-5H2,1-3H3,(H,11,13). The molecule has 6 heteroatoms. The fraction of sp³-hybridized carbons (Fsp3) is 0.600. The highest BCUT2D eigenvalue weighted by atomic mass is 16.6. The van der Waals surface area contributed by atoms with Gasteiger partial charge in [-0.1, -0.05) is 0 Å². The topological polar surface area (TPSA) is 67.9 Å². The molecule has 2 heterocycles. The van der Waals surface area contributed by atoms with Gasteiger partial charge in [0.15, 0.2) is 0 Å². The Balaban J connectivity index is 2.08. The number of carbonyl (C=O) groups is 2. The van der Waals surface area contributed by atoms with Gasteiger partial charge in [-0.05, 0) is 13.8 Å². The molecule has 2 aliphatic rings. The molecule has 0 aliphatic carbocycles. The van der Waals surface area contributed by atoms with Gasteiger partial charge in [0.2, 0.25) is 5.60 Å². The number of hydrogen-bond acceptors (Lipinski definition) is 4. The van der Waals surface area contributed by atoms with Crippen molar-refractivity contribution in [3.05, 3.63) is 11.5 Å². The van der Waals surface area contributed by atoms with Gasteiger partial charge in [-0.3, -0.25) is 9.69 Å². The lowest BCUT2D eigenvalue weighted by molar-refractivity contribution is -0.163. The normalized spacial score (nSPS) is 22.4. The quantitative estimate of drug-likeness (QED) is 0.641. The van der Waals surface area contributed by atoms with E-state index in [9.17, 15) is 9.59 Å². The van der Waals surface area contributed by atoms with Gasteiger partial charge in [0, 0.05) is 0 Å². The number of carbonyl (C=O) groups excluding carboxylic acids is 2. The summed E-state index contributed by atoms with van der Waals surface area (Å²) in [7, 11) is 1.31. The van der Waals surface area contributed by atoms with Gasteiger partial charge in [-0.25, -0.2) is 4.79 Å². The number of amides is 2. The number of allylic oxidation sites excluding steroid dienone is 2. The smallest absolute Gasteiger partial charge is 0.409 e. The van der Waals surface area contributed by atoms with Crippen LogP contribution in [0.2, 0.25) is 0 Å². The number of hydrogen-bond donors (Lipinski definition) is 1. The number of likely N-dealkylation sites (tertiary alicyclic amines) is 1. The van der Waals surface area contributed by atoms with E-state index in [0.717, 1.165) is 0 Å². The van der Waals surface area contributed by atoms with Gasteiger partial charge < -0.3 is 14.8 Å². The van der Waals surface area contributed by atoms with Crippen LogP contribution in [0.4, 0.5) is 4.79 Å². The highest BCUT2D eigenvalue weighted by Crippen LogP contribution is 2.32. The van der Waals surface area contributed by atoms with Gasteiger partial charge in [0.05, 0.1) is 25.9 Å². The first-order chi connectivity index (χ1) is 7.48. The lowest BCUT2D eigenvalue weighted by Crippen LogP contribution is -2.72. The zero-order valence-electron chi connectivity index (χ0n) is 9.49. The molecule has 6 nitrogen and oxygen atoms in total. The minimum atomic E-state index is -0.919. The van der Waals surface area contributed by atoms with E-state index in [-0.39, 0.29) is 19.0 Å². The molecule has 0 atom stereocenters. The number of methoxy groups -OCH3 is 1. The molecule has 0 radical (unpaired) electrons. The predicted molar refractivity (Wildman–Crippen MR) is 54.3 cm³/mol. The van der Waals surface area contributed by atoms with E-state index in [1.807, 2.05) is 0 Å². The molecule has 1 saturated heterocycles. The molecule has 88 valence electrons. The van der Waals surface area contributed by atoms with Crippen molar-refractivity contribution in [3.63, 3.8) is 0 Å². The van der Waals surface area contributed by atoms with E-state index in [0.29, 0.717) is 11.5 Å². The SMILES string of the molecule is COC(=O)N1CC2(C1)OC(C)=C(C)NC2=O. The van der Waals surface area contributed by atoms with Crippen LogP contribution >= 0.6 is 0 Å². The zero-order valence-corrected chi connectivity index (χ0v) is 9.49. The first-order valence-corrected chi connectivity index (χ1v) is 4.99. The van der Waals surface area contributed by atoms with Crippen molar-refractivity contribution in [1.29, 1.82) is 0 Å². The molecule has 0 aromatic carbocycles. The first-order valence-electron chi connectivity index (χ1n) is 4.99. The Hall–Kier alpha value is -1.72. The summed E-state index contributed by atoms with van der Waals surface area (Å²) in [6, 6.07) is 0. The molecule has 2 rings (SSSR count). The molecular weight excluding hydrogens is 212 g/mol. The molecule has 1 N–H and O–H groups in total. The molecule has 0 aromatic rings. The number of rotatable bonds is 0. The Morgan fingerprint density at radius 1 is 1.50 bits per heavy atom. The van der Waals surface area contributed by atoms with Crippen LogP contribution in [-0.2, 0) is 14.3 Å². The second kappa shape index (κ2) is 3.40. The van der Waals surface area contributed by atoms with Crippen molar-refractivity contribution in [3.8, 4) is 0 Å². The highest BCUT2D eigenvalue weighted by molar-refractivity contribution is 5.91. The Morgan fingerprint density at radius 3 is 2.69 bits per heavy atom. The second-order valence-electron chi connectivity index (χ2n) is 4.06. The summed E-state index contributed by atoms with van der Waals surface area (Å²) >= 11 is 0. The Bertz CT molecular complexity index is 382. The first kappa shape index (κ1) is 10.8. The zero-order chi connectivity index (χ0) is 11.9. The average molecular weight is 226 g/mol. The van der Waals surface area contributed by atoms with Crippen LogP contribution in [0.15, 0.2) is 11.5 Å². The number of nitrogens with one attached hydrogen (secondary N) is 1. The van der Waals surface area contributed by atoms with Crippen molar-refractivity contribution in [2.24, 2.45) is 0 Å². The van der Waals surface area contributed by atoms with Crippen LogP contribution < -0.4 is 5.32 Å². The monoisotopic (exact) mass is 226 g/mol. The fourth-order valence-electron chi connectivity index (χ4n) is 1.82. The average Bonchev–Trinajstić information content (AvgIpc) is 2.19. The molecular formula is C10H14N2O4. The summed E-state index contributed by atoms with van der Waals surface area (Å²) in [5, 5.41) is 2.74. The maximum atomic E-state index is 11.8. The van der Waals surface area contributed by atoms with Gasteiger partial charge in [0.1, 0.15) is 5.76 Å². The van der Waals surface area contributed by atoms with Gasteiger partial charge in [-0.2, -0.15) is 0 Å². The van der Waals surface area contributed by atoms with Gasteiger partial charge in [0.25, 0.3) is 5.91 Å². The van der Waals surface area contributed by atoms with Crippen LogP contribution in [0.5, 0.6) is 0 Å². The second-order valence-corrected chi connectivity index (χ2v) is 4.06. The maximum Gasteiger partial charge on any atom is 0.409 e. The molecule has 0 bridgehead atoms. The maximum absolute atomic E-state index is 11.8. The van der Waals surface area contributed by atoms with Crippen LogP contribution in [0.1, 0.15) is 13.8 Å². The summed E-state index contributed by atoms with van der Waals surface area (Å²) in [4.78, 5) is 24.4. The van der Waals surface area contributed by atoms with E-state index < -0.39 is 11.7 Å². The largest absolute Gasteiger partial charge is 0.476 e. The third-order valence-corrected chi connectivity index (χ3v) is 2.92. The Morgan fingerprint density at radius 2 is 2.12 bits per heavy atom. The molecule has 16 heavy (non-hydrogen) atoms. The summed E-state index contributed by atoms with van der Waals surface area (Å²) < 4.78 is 10.1. The van der Waals surface area contributed by atoms with Crippen molar-refractivity contribution < 1.29 is 19.1 Å². The van der Waals surface area contributed by atoms with E-state index in [1.54, 1.807) is 13.8 Å². The van der Waals surface area contributed by atoms with Crippen LogP contribution in [0.3, 0.4) is 0 Å². The van der Waals surface area contributed by atoms with Crippen molar-refractivity contribution >= 4 is 12.0 Å². The lowest BCUT2D eigenvalue weighted by Gasteiger charge is -2.49. The van der Waals surface area contributed by atoms with Crippen LogP contribution in [-0.4, -0.2) is 42.7 Å². The molecule has 0 aromatic heterocycles. The third kappa shape index (κ3) is 1.41. The number of ether oxygens (including phenoxy) is 2. The summed E-state index contributed by atoms with van der Waals surface area (Å²) in [6.07, 6.45) is -0.439. The summed E-state index contributed by atoms with van der Waals surface area (Å²) in [6.45, 7) is 4.03. The van der Waals surface area contributed by atoms with Crippen LogP contribution in [0, 0.1) is 0 Å². The Labute approximate surface area is 93.2 Å². The summed E-state index contributed by atoms with van der Waals surface area (Å²) in [5.41, 5.74) is -0.204. The number of nitrogens with zero attached hydrogens (tertiary/aromatic N) is 1. The minimum Gasteiger partial charge on any atom is -0.476 e. The highest BCUT2D eigenvalue weighted by Gasteiger charge is 2.55. The third-order valence-electron chi connectivity index (χ3n) is 2.92. The molecule has 2 amide bonds. The fourth-order valence-corrected chi connectivity index (χ4v) is 1.82. The molecule has 0 saturated carbocycles. The van der Waals surface area contributed by atoms with Gasteiger partial charge in [-0.15, -0.1) is 0 Å². The van der Waals surface area contributed by atoms with Gasteiger partial charge >= 0.3 is 6.09 Å². The Kier molecular flexibility index (Phi) is 2.29. The van der Waals surface area contributed by atoms with E-state index >= 15 is 0 Å².